The van der Waals surface area contributed by atoms with E-state index in [1.54, 1.807) is 239 Å². The largest absolute Gasteiger partial charge is 0.458 e. The number of nitrogens with zero attached hydrogens (tertiary/aromatic N) is 6. The summed E-state index contributed by atoms with van der Waals surface area (Å²) in [4.78, 5) is 158. The van der Waals surface area contributed by atoms with E-state index in [0.29, 0.717) is 61.8 Å². The Morgan fingerprint density at radius 3 is 0.786 bits per heavy atom. The molecule has 20 radical (unpaired) electrons. The number of amides is 5. The van der Waals surface area contributed by atoms with Crippen LogP contribution in [0.1, 0.15) is 277 Å². The number of esters is 5. The fraction of sp³-hybridized carbons (Fsp3) is 0.778. The Hall–Kier alpha value is -6.76. The number of ether oxygens (including phenoxy) is 10. The van der Waals surface area contributed by atoms with Crippen LogP contribution in [-0.4, -0.2) is 443 Å². The molecule has 31 nitrogen and oxygen atoms in total. The van der Waals surface area contributed by atoms with Gasteiger partial charge < -0.3 is 67.6 Å². The van der Waals surface area contributed by atoms with Crippen molar-refractivity contribution >= 4 is 247 Å². The first-order valence-electron chi connectivity index (χ1n) is 46.0. The number of carbonyl (C=O) groups is 12. The molecular weight excluding hydrogens is 1820 g/mol. The molecule has 0 spiro atoms. The number of aliphatic hydroxyl groups excluding tert-OH is 3. The number of carbonyl (C=O) groups excluding carboxylic acids is 12. The number of aliphatic hydroxyl groups is 3. The van der Waals surface area contributed by atoms with E-state index in [1.807, 2.05) is 67.5 Å². The van der Waals surface area contributed by atoms with Crippen LogP contribution in [0.3, 0.4) is 0 Å². The van der Waals surface area contributed by atoms with E-state index in [1.165, 1.54) is 21.1 Å². The molecule has 0 aromatic heterocycles. The van der Waals surface area contributed by atoms with Crippen molar-refractivity contribution in [3.63, 3.8) is 0 Å². The number of hydrogen-bond donors (Lipinski definition) is 3. The molecule has 55 heteroatoms. The van der Waals surface area contributed by atoms with Crippen molar-refractivity contribution in [3.05, 3.63) is 46.7 Å². The van der Waals surface area contributed by atoms with Gasteiger partial charge in [-0.15, -0.1) is 37.3 Å². The molecule has 0 unspecified atom stereocenters. The van der Waals surface area contributed by atoms with Crippen molar-refractivity contribution < 1.29 is 120 Å². The number of ketones is 2. The summed E-state index contributed by atoms with van der Waals surface area (Å²) in [6, 6.07) is -4.91. The average molecular weight is 2000 g/mol. The Balaban J connectivity index is -0.000000530. The topological polar surface area (TPSA) is 377 Å². The van der Waals surface area contributed by atoms with E-state index in [0.717, 1.165) is 22.6 Å². The van der Waals surface area contributed by atoms with Crippen LogP contribution in [0.5, 0.6) is 0 Å². The number of β-amino-alcohol motifs (C(OH)–C–C–N with tert-alkyl or cyclic N) is 3. The molecule has 0 bridgehead atoms. The first-order valence-corrected chi connectivity index (χ1v) is 46.0. The fourth-order valence-corrected chi connectivity index (χ4v) is 12.3. The predicted octanol–water partition coefficient (Wildman–Crippen LogP) is 0.491. The zero-order valence-corrected chi connectivity index (χ0v) is 90.5. The van der Waals surface area contributed by atoms with E-state index in [-0.39, 0.29) is 114 Å². The highest BCUT2D eigenvalue weighted by atomic mass is 16.6. The lowest BCUT2D eigenvalue weighted by molar-refractivity contribution is -0.162. The molecular formula is C90H174B24N6O25-6. The standard InChI is InChI=1S/C18H33NO5.2C18H31NO5.C18H29NO5.C17H28N2O5.CH4.B6H9.B6H6.B6H3.B6/c4*1-11(2)9-12-13(20)10-19(16(22)24-18(6,7)8)14(12)15(21)23-17(3,4)5;1-16(2,3)23-14(21)13-11(9-18(7)8)12(20)10-19(13)15(22)24-17(4,5)6;;4*1-5(2)6(3)4/h11-14,20H,9-10H2,1-8H3;2*9,11,13-14,20H,10H2,1-8H3;9,11,14H,10H2,1-8H3;9,13H,10H2,1-8H3;1H4;1-3H3;1-2H3;1H3;/q;;;;;;-3;-2;-1;/b;3*12-9-;11-9-;;;;;/t12-,13+,14+;13-,14+;13-,14-;14-;13-;;;;;/m11000...../s1. The quantitative estimate of drug-likeness (QED) is 0.0660. The zero-order valence-electron chi connectivity index (χ0n) is 90.5. The highest BCUT2D eigenvalue weighted by molar-refractivity contribution is 7.77. The highest BCUT2D eigenvalue weighted by Gasteiger charge is 2.54. The summed E-state index contributed by atoms with van der Waals surface area (Å²) in [5.41, 5.74) is -5.48. The van der Waals surface area contributed by atoms with Gasteiger partial charge in [-0.3, -0.25) is 46.9 Å². The molecule has 5 fully saturated rings. The summed E-state index contributed by atoms with van der Waals surface area (Å²) < 4.78 is 54.0. The van der Waals surface area contributed by atoms with Gasteiger partial charge in [-0.25, -0.2) is 47.9 Å². The van der Waals surface area contributed by atoms with E-state index >= 15 is 0 Å². The third-order valence-electron chi connectivity index (χ3n) is 16.5. The number of rotatable bonds is 15. The molecule has 5 aliphatic rings. The normalized spacial score (nSPS) is 20.1. The number of allylic oxidation sites excluding steroid dienone is 3. The van der Waals surface area contributed by atoms with Crippen LogP contribution in [0.15, 0.2) is 46.7 Å². The monoisotopic (exact) mass is 2000 g/mol. The summed E-state index contributed by atoms with van der Waals surface area (Å²) in [5, 5.41) is 31.1. The summed E-state index contributed by atoms with van der Waals surface area (Å²) in [6.07, 6.45) is 3.41. The fourth-order valence-electron chi connectivity index (χ4n) is 12.3. The minimum atomic E-state index is -1.10. The lowest BCUT2D eigenvalue weighted by Gasteiger charge is -2.31. The third-order valence-corrected chi connectivity index (χ3v) is 16.5. The lowest BCUT2D eigenvalue weighted by atomic mass is 8.81. The zero-order chi connectivity index (χ0) is 115. The molecule has 792 valence electrons. The summed E-state index contributed by atoms with van der Waals surface area (Å²) in [7, 11) is 58.4. The van der Waals surface area contributed by atoms with Gasteiger partial charge in [0.15, 0.2) is 35.7 Å². The Morgan fingerprint density at radius 2 is 0.572 bits per heavy atom. The minimum absolute atomic E-state index is 0. The van der Waals surface area contributed by atoms with Crippen LogP contribution >= 0.6 is 0 Å². The molecule has 5 rings (SSSR count). The molecule has 0 aromatic carbocycles. The van der Waals surface area contributed by atoms with Crippen molar-refractivity contribution in [3.8, 4) is 0 Å². The number of Topliss-reactive ketones (excluding diaryl/α,β-unsaturated/α-hetero) is 2. The number of likely N-dealkylation sites (tertiary alicyclic amines) is 5. The van der Waals surface area contributed by atoms with E-state index < -0.39 is 178 Å². The smallest absolute Gasteiger partial charge is 0.411 e. The number of hydrogen-bond acceptors (Lipinski definition) is 26. The molecule has 3 N–H and O–H groups in total. The molecule has 0 aliphatic carbocycles. The van der Waals surface area contributed by atoms with Gasteiger partial charge in [0.25, 0.3) is 0 Å². The van der Waals surface area contributed by atoms with E-state index in [2.05, 4.69) is 0 Å². The Labute approximate surface area is 895 Å². The second-order valence-electron chi connectivity index (χ2n) is 45.0. The van der Waals surface area contributed by atoms with Crippen molar-refractivity contribution in [2.75, 3.05) is 46.8 Å². The van der Waals surface area contributed by atoms with Gasteiger partial charge in [0.2, 0.25) is 0 Å². The van der Waals surface area contributed by atoms with E-state index in [4.69, 9.17) is 125 Å². The first kappa shape index (κ1) is 147. The Morgan fingerprint density at radius 1 is 0.345 bits per heavy atom. The summed E-state index contributed by atoms with van der Waals surface area (Å²) >= 11 is 0. The molecule has 5 amide bonds. The molecule has 9 atom stereocenters. The third kappa shape index (κ3) is 63.2. The molecule has 145 heavy (non-hydrogen) atoms. The van der Waals surface area contributed by atoms with Crippen LogP contribution in [0.4, 0.5) is 24.0 Å². The van der Waals surface area contributed by atoms with E-state index in [9.17, 15) is 72.9 Å². The minimum Gasteiger partial charge on any atom is -0.458 e. The van der Waals surface area contributed by atoms with Crippen LogP contribution in [0.2, 0.25) is 0 Å². The Bertz CT molecular complexity index is 3950. The van der Waals surface area contributed by atoms with Crippen molar-refractivity contribution in [1.82, 2.24) is 29.4 Å². The van der Waals surface area contributed by atoms with Crippen molar-refractivity contribution in [2.24, 2.45) is 29.6 Å². The summed E-state index contributed by atoms with van der Waals surface area (Å²) in [5.74, 6) is -3.19. The molecule has 5 aliphatic heterocycles. The first-order chi connectivity index (χ1) is 64.1. The maximum atomic E-state index is 12.7. The Kier molecular flexibility index (Phi) is 63.0. The average Bonchev–Trinajstić information content (AvgIpc) is 1.66. The molecule has 5 heterocycles. The van der Waals surface area contributed by atoms with Gasteiger partial charge >= 0.3 is 60.3 Å². The molecule has 0 aromatic rings. The van der Waals surface area contributed by atoms with Crippen LogP contribution < -0.4 is 0 Å². The highest BCUT2D eigenvalue weighted by Crippen LogP contribution is 2.37. The maximum absolute atomic E-state index is 12.7. The van der Waals surface area contributed by atoms with Crippen molar-refractivity contribution in [2.45, 2.75) is 381 Å². The van der Waals surface area contributed by atoms with Crippen LogP contribution in [0, 0.1) is 29.6 Å². The summed E-state index contributed by atoms with van der Waals surface area (Å²) in [6.45, 7) is 67.9. The molecule has 5 saturated heterocycles. The van der Waals surface area contributed by atoms with Crippen LogP contribution in [-0.2, 0) is 80.9 Å². The second kappa shape index (κ2) is 62.3. The molecule has 0 saturated carbocycles. The van der Waals surface area contributed by atoms with Gasteiger partial charge in [0.1, 0.15) is 62.1 Å². The van der Waals surface area contributed by atoms with Gasteiger partial charge in [0, 0.05) is 81.1 Å². The SMILES string of the molecule is C.CC(C)/C=C1/C(=O)CN(C(=O)OC(C)(C)C)[C@@H]1C(=O)OC(C)(C)C.CC(C)/C=C1/[C@H](O)CN(C(=O)OC(C)(C)C)[C@@H]1C(=O)OC(C)(C)C.CC(C)/C=C1\[C@@H](C(=O)OC(C)(C)C)N(C(=O)OC(C)(C)C)C[C@@H]1O.CC(C)C[C@H]1[C@@H](C(=O)OC(C)(C)C)N(C(=O)OC(C)(C)C)C[C@@H]1O.CN(C)/C=C1/C(=O)CN(C(=O)OC(C)(C)C)[C@@H]1C(=O)OC(C)(C)C.[B]B([BH3-])B([BH3-])[BH3-].[B]B([B])B([BH3-])[BH3-].[B]B([B])B([B])[BH3-].[B]B([B])B([B])[B]. The van der Waals surface area contributed by atoms with Crippen molar-refractivity contribution in [1.29, 1.82) is 0 Å². The van der Waals surface area contributed by atoms with Gasteiger partial charge in [-0.2, -0.15) is 6.39 Å². The maximum Gasteiger partial charge on any atom is 0.411 e. The van der Waals surface area contributed by atoms with Gasteiger partial charge in [0.05, 0.1) is 51.0 Å². The van der Waals surface area contributed by atoms with Gasteiger partial charge in [-0.05, 0) is 302 Å². The van der Waals surface area contributed by atoms with Crippen LogP contribution in [0.25, 0.3) is 0 Å². The van der Waals surface area contributed by atoms with Gasteiger partial charge in [-0.1, -0.05) is 103 Å². The predicted molar refractivity (Wildman–Crippen MR) is 624 cm³/mol. The second-order valence-corrected chi connectivity index (χ2v) is 45.0. The lowest BCUT2D eigenvalue weighted by Crippen LogP contribution is -2.48.